The standard InChI is InChI=1S/C12H16F2N2O/c1-12(6-3-7-17-12)11(16-15)8-4-2-5-9(13)10(8)14/h2,4-5,11,16H,3,6-7,15H2,1H3. The molecule has 0 aliphatic carbocycles. The third-order valence-electron chi connectivity index (χ3n) is 3.32. The van der Waals surface area contributed by atoms with Gasteiger partial charge in [0.05, 0.1) is 11.6 Å². The topological polar surface area (TPSA) is 47.3 Å². The Hall–Kier alpha value is -1.04. The number of nitrogens with two attached hydrogens (primary N) is 1. The van der Waals surface area contributed by atoms with E-state index in [0.717, 1.165) is 18.9 Å². The van der Waals surface area contributed by atoms with Crippen LogP contribution in [0.1, 0.15) is 31.4 Å². The maximum atomic E-state index is 13.7. The van der Waals surface area contributed by atoms with Crippen molar-refractivity contribution in [3.63, 3.8) is 0 Å². The van der Waals surface area contributed by atoms with E-state index in [1.165, 1.54) is 12.1 Å². The summed E-state index contributed by atoms with van der Waals surface area (Å²) in [6.45, 7) is 2.47. The highest BCUT2D eigenvalue weighted by Gasteiger charge is 2.40. The molecule has 5 heteroatoms. The monoisotopic (exact) mass is 242 g/mol. The Morgan fingerprint density at radius 1 is 1.47 bits per heavy atom. The summed E-state index contributed by atoms with van der Waals surface area (Å²) in [7, 11) is 0. The molecule has 3 nitrogen and oxygen atoms in total. The fourth-order valence-electron chi connectivity index (χ4n) is 2.37. The number of hydrogen-bond acceptors (Lipinski definition) is 3. The number of nitrogens with one attached hydrogen (secondary N) is 1. The number of benzene rings is 1. The second-order valence-corrected chi connectivity index (χ2v) is 4.51. The molecule has 1 aromatic rings. The molecule has 1 aromatic carbocycles. The minimum Gasteiger partial charge on any atom is -0.373 e. The molecule has 0 amide bonds. The quantitative estimate of drug-likeness (QED) is 0.630. The molecule has 2 rings (SSSR count). The van der Waals surface area contributed by atoms with E-state index < -0.39 is 23.3 Å². The summed E-state index contributed by atoms with van der Waals surface area (Å²) in [4.78, 5) is 0. The van der Waals surface area contributed by atoms with Crippen LogP contribution in [0.2, 0.25) is 0 Å². The van der Waals surface area contributed by atoms with Crippen molar-refractivity contribution in [2.24, 2.45) is 5.84 Å². The first-order valence-corrected chi connectivity index (χ1v) is 5.62. The highest BCUT2D eigenvalue weighted by Crippen LogP contribution is 2.38. The molecule has 1 fully saturated rings. The number of hydrazine groups is 1. The molecule has 1 aliphatic rings. The SMILES string of the molecule is CC1(C(NN)c2cccc(F)c2F)CCCO1. The van der Waals surface area contributed by atoms with Crippen LogP contribution in [0.5, 0.6) is 0 Å². The van der Waals surface area contributed by atoms with Crippen molar-refractivity contribution in [1.82, 2.24) is 5.43 Å². The average Bonchev–Trinajstić information content (AvgIpc) is 2.73. The van der Waals surface area contributed by atoms with Gasteiger partial charge in [-0.25, -0.2) is 14.2 Å². The van der Waals surface area contributed by atoms with Crippen molar-refractivity contribution in [2.45, 2.75) is 31.4 Å². The van der Waals surface area contributed by atoms with Crippen molar-refractivity contribution in [2.75, 3.05) is 6.61 Å². The zero-order chi connectivity index (χ0) is 12.5. The summed E-state index contributed by atoms with van der Waals surface area (Å²) in [5.74, 6) is 3.73. The summed E-state index contributed by atoms with van der Waals surface area (Å²) in [6.07, 6.45) is 1.66. The molecule has 3 N–H and O–H groups in total. The van der Waals surface area contributed by atoms with Gasteiger partial charge in [0.25, 0.3) is 0 Å². The third kappa shape index (κ3) is 2.18. The predicted molar refractivity (Wildman–Crippen MR) is 60.0 cm³/mol. The Bertz CT molecular complexity index is 405. The molecule has 0 aromatic heterocycles. The van der Waals surface area contributed by atoms with Gasteiger partial charge < -0.3 is 4.74 Å². The second kappa shape index (κ2) is 4.68. The van der Waals surface area contributed by atoms with Crippen molar-refractivity contribution >= 4 is 0 Å². The summed E-state index contributed by atoms with van der Waals surface area (Å²) >= 11 is 0. The molecular formula is C12H16F2N2O. The van der Waals surface area contributed by atoms with Crippen LogP contribution < -0.4 is 11.3 Å². The normalized spacial score (nSPS) is 26.1. The highest BCUT2D eigenvalue weighted by atomic mass is 19.2. The molecule has 94 valence electrons. The number of halogens is 2. The minimum absolute atomic E-state index is 0.205. The van der Waals surface area contributed by atoms with Gasteiger partial charge in [0, 0.05) is 12.2 Å². The molecule has 1 aliphatic heterocycles. The molecule has 2 unspecified atom stereocenters. The fraction of sp³-hybridized carbons (Fsp3) is 0.500. The van der Waals surface area contributed by atoms with Crippen molar-refractivity contribution < 1.29 is 13.5 Å². The van der Waals surface area contributed by atoms with E-state index in [0.29, 0.717) is 6.61 Å². The van der Waals surface area contributed by atoms with Crippen LogP contribution in [0.25, 0.3) is 0 Å². The summed E-state index contributed by atoms with van der Waals surface area (Å²) in [5.41, 5.74) is 2.15. The zero-order valence-corrected chi connectivity index (χ0v) is 9.67. The zero-order valence-electron chi connectivity index (χ0n) is 9.67. The Kier molecular flexibility index (Phi) is 3.42. The largest absolute Gasteiger partial charge is 0.373 e. The lowest BCUT2D eigenvalue weighted by atomic mass is 9.88. The average molecular weight is 242 g/mol. The van der Waals surface area contributed by atoms with Gasteiger partial charge in [0.2, 0.25) is 0 Å². The first-order valence-electron chi connectivity index (χ1n) is 5.62. The van der Waals surface area contributed by atoms with Gasteiger partial charge in [-0.05, 0) is 25.8 Å². The fourth-order valence-corrected chi connectivity index (χ4v) is 2.37. The number of hydrogen-bond donors (Lipinski definition) is 2. The van der Waals surface area contributed by atoms with Crippen LogP contribution in [-0.4, -0.2) is 12.2 Å². The third-order valence-corrected chi connectivity index (χ3v) is 3.32. The van der Waals surface area contributed by atoms with Crippen molar-refractivity contribution in [1.29, 1.82) is 0 Å². The predicted octanol–water partition coefficient (Wildman–Crippen LogP) is 2.04. The number of rotatable bonds is 3. The molecular weight excluding hydrogens is 226 g/mol. The van der Waals surface area contributed by atoms with Gasteiger partial charge in [0.15, 0.2) is 11.6 Å². The highest BCUT2D eigenvalue weighted by molar-refractivity contribution is 5.25. The van der Waals surface area contributed by atoms with Gasteiger partial charge >= 0.3 is 0 Å². The lowest BCUT2D eigenvalue weighted by Gasteiger charge is -2.33. The smallest absolute Gasteiger partial charge is 0.163 e. The molecule has 0 spiro atoms. The molecule has 0 saturated carbocycles. The molecule has 17 heavy (non-hydrogen) atoms. The number of ether oxygens (including phenoxy) is 1. The maximum Gasteiger partial charge on any atom is 0.163 e. The minimum atomic E-state index is -0.871. The molecule has 0 bridgehead atoms. The van der Waals surface area contributed by atoms with E-state index in [-0.39, 0.29) is 5.56 Å². The molecule has 0 radical (unpaired) electrons. The first-order chi connectivity index (χ1) is 8.08. The maximum absolute atomic E-state index is 13.7. The van der Waals surface area contributed by atoms with Gasteiger partial charge in [0.1, 0.15) is 0 Å². The lowest BCUT2D eigenvalue weighted by Crippen LogP contribution is -2.44. The van der Waals surface area contributed by atoms with Gasteiger partial charge in [-0.15, -0.1) is 0 Å². The van der Waals surface area contributed by atoms with Crippen LogP contribution in [0, 0.1) is 11.6 Å². The van der Waals surface area contributed by atoms with E-state index in [4.69, 9.17) is 10.6 Å². The Morgan fingerprint density at radius 3 is 2.82 bits per heavy atom. The van der Waals surface area contributed by atoms with Crippen LogP contribution in [0.15, 0.2) is 18.2 Å². The van der Waals surface area contributed by atoms with Gasteiger partial charge in [-0.2, -0.15) is 0 Å². The summed E-state index contributed by atoms with van der Waals surface area (Å²) < 4.78 is 32.6. The van der Waals surface area contributed by atoms with Crippen LogP contribution in [0.3, 0.4) is 0 Å². The van der Waals surface area contributed by atoms with Crippen LogP contribution in [-0.2, 0) is 4.74 Å². The lowest BCUT2D eigenvalue weighted by molar-refractivity contribution is -0.0136. The molecule has 1 saturated heterocycles. The second-order valence-electron chi connectivity index (χ2n) is 4.51. The summed E-state index contributed by atoms with van der Waals surface area (Å²) in [6, 6.07) is 3.52. The first kappa shape index (κ1) is 12.4. The van der Waals surface area contributed by atoms with E-state index in [1.807, 2.05) is 6.92 Å². The van der Waals surface area contributed by atoms with Crippen molar-refractivity contribution in [3.05, 3.63) is 35.4 Å². The molecule has 2 atom stereocenters. The van der Waals surface area contributed by atoms with E-state index in [2.05, 4.69) is 5.43 Å². The van der Waals surface area contributed by atoms with Crippen LogP contribution >= 0.6 is 0 Å². The van der Waals surface area contributed by atoms with E-state index in [1.54, 1.807) is 0 Å². The molecule has 1 heterocycles. The van der Waals surface area contributed by atoms with E-state index >= 15 is 0 Å². The van der Waals surface area contributed by atoms with Gasteiger partial charge in [-0.1, -0.05) is 12.1 Å². The van der Waals surface area contributed by atoms with Crippen molar-refractivity contribution in [3.8, 4) is 0 Å². The Morgan fingerprint density at radius 2 is 2.24 bits per heavy atom. The van der Waals surface area contributed by atoms with Crippen LogP contribution in [0.4, 0.5) is 8.78 Å². The Balaban J connectivity index is 2.38. The Labute approximate surface area is 98.9 Å². The summed E-state index contributed by atoms with van der Waals surface area (Å²) in [5, 5.41) is 0. The van der Waals surface area contributed by atoms with Gasteiger partial charge in [-0.3, -0.25) is 5.84 Å². The van der Waals surface area contributed by atoms with E-state index in [9.17, 15) is 8.78 Å².